The molecule has 128 valence electrons. The largest absolute Gasteiger partial charge is 0.375 e. The molecule has 0 amide bonds. The van der Waals surface area contributed by atoms with Gasteiger partial charge < -0.3 is 14.5 Å². The van der Waals surface area contributed by atoms with Crippen LogP contribution in [0.15, 0.2) is 60.7 Å². The zero-order valence-corrected chi connectivity index (χ0v) is 14.6. The summed E-state index contributed by atoms with van der Waals surface area (Å²) in [4.78, 5) is 4.91. The van der Waals surface area contributed by atoms with Gasteiger partial charge in [0.15, 0.2) is 0 Å². The fraction of sp³-hybridized carbons (Fsp3) is 0.429. The van der Waals surface area contributed by atoms with Gasteiger partial charge in [0.2, 0.25) is 0 Å². The number of hydrogen-bond acceptors (Lipinski definition) is 3. The van der Waals surface area contributed by atoms with Crippen LogP contribution in [0.3, 0.4) is 0 Å². The number of anilines is 1. The lowest BCUT2D eigenvalue weighted by molar-refractivity contribution is 0.0962. The second-order valence-corrected chi connectivity index (χ2v) is 6.74. The molecule has 24 heavy (non-hydrogen) atoms. The molecule has 1 heterocycles. The average molecular weight is 324 g/mol. The van der Waals surface area contributed by atoms with Gasteiger partial charge in [-0.2, -0.15) is 0 Å². The van der Waals surface area contributed by atoms with Crippen LogP contribution >= 0.6 is 0 Å². The lowest BCUT2D eigenvalue weighted by atomic mass is 10.1. The van der Waals surface area contributed by atoms with Crippen LogP contribution in [0.4, 0.5) is 5.69 Å². The molecule has 1 saturated heterocycles. The van der Waals surface area contributed by atoms with Gasteiger partial charge in [-0.25, -0.2) is 0 Å². The predicted octanol–water partition coefficient (Wildman–Crippen LogP) is 3.66. The molecule has 1 fully saturated rings. The Kier molecular flexibility index (Phi) is 6.27. The highest BCUT2D eigenvalue weighted by Gasteiger charge is 2.23. The van der Waals surface area contributed by atoms with Crippen molar-refractivity contribution in [1.29, 1.82) is 0 Å². The summed E-state index contributed by atoms with van der Waals surface area (Å²) in [5.41, 5.74) is 2.60. The summed E-state index contributed by atoms with van der Waals surface area (Å²) in [7, 11) is 2.21. The quantitative estimate of drug-likeness (QED) is 0.689. The summed E-state index contributed by atoms with van der Waals surface area (Å²) in [6.07, 6.45) is 1.28. The maximum atomic E-state index is 5.79. The SMILES string of the molecule is CN(CCOCc1ccccc1)CC1CCN(c2ccccc2)C1. The van der Waals surface area contributed by atoms with Crippen LogP contribution < -0.4 is 4.90 Å². The summed E-state index contributed by atoms with van der Waals surface area (Å²) in [5.74, 6) is 0.754. The van der Waals surface area contributed by atoms with Crippen LogP contribution in [0.5, 0.6) is 0 Å². The predicted molar refractivity (Wildman–Crippen MR) is 100 cm³/mol. The molecule has 1 atom stereocenters. The van der Waals surface area contributed by atoms with Gasteiger partial charge in [-0.05, 0) is 37.1 Å². The Morgan fingerprint density at radius 3 is 2.50 bits per heavy atom. The number of para-hydroxylation sites is 1. The molecule has 0 N–H and O–H groups in total. The Morgan fingerprint density at radius 2 is 1.75 bits per heavy atom. The van der Waals surface area contributed by atoms with Gasteiger partial charge >= 0.3 is 0 Å². The highest BCUT2D eigenvalue weighted by Crippen LogP contribution is 2.23. The van der Waals surface area contributed by atoms with Gasteiger partial charge in [0.25, 0.3) is 0 Å². The molecule has 1 aliphatic rings. The first-order chi connectivity index (χ1) is 11.8. The number of ether oxygens (including phenoxy) is 1. The first kappa shape index (κ1) is 17.0. The molecule has 2 aromatic carbocycles. The van der Waals surface area contributed by atoms with E-state index in [1.54, 1.807) is 0 Å². The van der Waals surface area contributed by atoms with Gasteiger partial charge in [0.05, 0.1) is 13.2 Å². The number of nitrogens with zero attached hydrogens (tertiary/aromatic N) is 2. The van der Waals surface area contributed by atoms with E-state index in [0.717, 1.165) is 25.6 Å². The van der Waals surface area contributed by atoms with Crippen molar-refractivity contribution in [3.63, 3.8) is 0 Å². The van der Waals surface area contributed by atoms with Crippen LogP contribution in [0.25, 0.3) is 0 Å². The van der Waals surface area contributed by atoms with E-state index in [4.69, 9.17) is 4.74 Å². The summed E-state index contributed by atoms with van der Waals surface area (Å²) in [5, 5.41) is 0. The van der Waals surface area contributed by atoms with Gasteiger partial charge in [0, 0.05) is 31.9 Å². The zero-order valence-electron chi connectivity index (χ0n) is 14.6. The lowest BCUT2D eigenvalue weighted by Gasteiger charge is -2.22. The van der Waals surface area contributed by atoms with Crippen LogP contribution in [-0.2, 0) is 11.3 Å². The van der Waals surface area contributed by atoms with Crippen molar-refractivity contribution >= 4 is 5.69 Å². The zero-order chi connectivity index (χ0) is 16.6. The van der Waals surface area contributed by atoms with Crippen LogP contribution in [0.2, 0.25) is 0 Å². The maximum absolute atomic E-state index is 5.79. The molecule has 1 unspecified atom stereocenters. The van der Waals surface area contributed by atoms with Crippen molar-refractivity contribution in [2.24, 2.45) is 5.92 Å². The van der Waals surface area contributed by atoms with Gasteiger partial charge in [0.1, 0.15) is 0 Å². The number of benzene rings is 2. The normalized spacial score (nSPS) is 17.6. The van der Waals surface area contributed by atoms with Crippen LogP contribution in [0, 0.1) is 5.92 Å². The summed E-state index contributed by atoms with van der Waals surface area (Å²) in [6, 6.07) is 21.1. The van der Waals surface area contributed by atoms with E-state index in [9.17, 15) is 0 Å². The molecular formula is C21H28N2O. The van der Waals surface area contributed by atoms with Gasteiger partial charge in [-0.3, -0.25) is 0 Å². The highest BCUT2D eigenvalue weighted by molar-refractivity contribution is 5.46. The molecule has 0 aliphatic carbocycles. The molecule has 0 saturated carbocycles. The fourth-order valence-corrected chi connectivity index (χ4v) is 3.37. The minimum atomic E-state index is 0.708. The molecule has 1 aliphatic heterocycles. The van der Waals surface area contributed by atoms with Gasteiger partial charge in [-0.15, -0.1) is 0 Å². The molecule has 0 bridgehead atoms. The smallest absolute Gasteiger partial charge is 0.0717 e. The van der Waals surface area contributed by atoms with E-state index in [-0.39, 0.29) is 0 Å². The first-order valence-electron chi connectivity index (χ1n) is 8.91. The van der Waals surface area contributed by atoms with E-state index in [1.807, 2.05) is 6.07 Å². The van der Waals surface area contributed by atoms with Crippen molar-refractivity contribution in [2.45, 2.75) is 13.0 Å². The second kappa shape index (κ2) is 8.86. The summed E-state index contributed by atoms with van der Waals surface area (Å²) >= 11 is 0. The third-order valence-electron chi connectivity index (χ3n) is 4.71. The minimum absolute atomic E-state index is 0.708. The van der Waals surface area contributed by atoms with E-state index >= 15 is 0 Å². The number of likely N-dealkylation sites (N-methyl/N-ethyl adjacent to an activating group) is 1. The molecule has 0 aromatic heterocycles. The Hall–Kier alpha value is -1.84. The Morgan fingerprint density at radius 1 is 1.04 bits per heavy atom. The van der Waals surface area contributed by atoms with Crippen molar-refractivity contribution in [3.8, 4) is 0 Å². The van der Waals surface area contributed by atoms with E-state index in [0.29, 0.717) is 6.61 Å². The third kappa shape index (κ3) is 5.08. The van der Waals surface area contributed by atoms with Crippen molar-refractivity contribution in [2.75, 3.05) is 44.7 Å². The molecule has 0 radical (unpaired) electrons. The standard InChI is InChI=1S/C21H28N2O/c1-22(14-15-24-18-19-8-4-2-5-9-19)16-20-12-13-23(17-20)21-10-6-3-7-11-21/h2-11,20H,12-18H2,1H3. The second-order valence-electron chi connectivity index (χ2n) is 6.74. The van der Waals surface area contributed by atoms with Crippen molar-refractivity contribution in [1.82, 2.24) is 4.90 Å². The topological polar surface area (TPSA) is 15.7 Å². The molecule has 3 nitrogen and oxygen atoms in total. The monoisotopic (exact) mass is 324 g/mol. The lowest BCUT2D eigenvalue weighted by Crippen LogP contribution is -2.30. The van der Waals surface area contributed by atoms with E-state index < -0.39 is 0 Å². The average Bonchev–Trinajstić information content (AvgIpc) is 3.09. The molecule has 3 heteroatoms. The molecule has 3 rings (SSSR count). The third-order valence-corrected chi connectivity index (χ3v) is 4.71. The molecule has 0 spiro atoms. The highest BCUT2D eigenvalue weighted by atomic mass is 16.5. The van der Waals surface area contributed by atoms with Crippen LogP contribution in [-0.4, -0.2) is 44.7 Å². The minimum Gasteiger partial charge on any atom is -0.375 e. The first-order valence-corrected chi connectivity index (χ1v) is 8.91. The molecule has 2 aromatic rings. The van der Waals surface area contributed by atoms with E-state index in [2.05, 4.69) is 71.4 Å². The van der Waals surface area contributed by atoms with Gasteiger partial charge in [-0.1, -0.05) is 48.5 Å². The Labute approximate surface area is 145 Å². The Bertz CT molecular complexity index is 587. The number of hydrogen-bond donors (Lipinski definition) is 0. The van der Waals surface area contributed by atoms with E-state index in [1.165, 1.54) is 30.8 Å². The van der Waals surface area contributed by atoms with Crippen LogP contribution in [0.1, 0.15) is 12.0 Å². The summed E-state index contributed by atoms with van der Waals surface area (Å²) < 4.78 is 5.79. The maximum Gasteiger partial charge on any atom is 0.0717 e. The number of rotatable bonds is 8. The Balaban J connectivity index is 1.33. The van der Waals surface area contributed by atoms with Crippen molar-refractivity contribution in [3.05, 3.63) is 66.2 Å². The van der Waals surface area contributed by atoms with Crippen molar-refractivity contribution < 1.29 is 4.74 Å². The fourth-order valence-electron chi connectivity index (χ4n) is 3.37. The summed E-state index contributed by atoms with van der Waals surface area (Å²) in [6.45, 7) is 5.99. The molecular weight excluding hydrogens is 296 g/mol.